The number of rotatable bonds is 4. The third kappa shape index (κ3) is 3.54. The van der Waals surface area contributed by atoms with Gasteiger partial charge in [0.05, 0.1) is 0 Å². The lowest BCUT2D eigenvalue weighted by Crippen LogP contribution is -1.91. The molecule has 0 amide bonds. The van der Waals surface area contributed by atoms with Crippen molar-refractivity contribution < 1.29 is 8.83 Å². The average Bonchev–Trinajstić information content (AvgIpc) is 3.47. The van der Waals surface area contributed by atoms with Crippen LogP contribution in [0.5, 0.6) is 0 Å². The van der Waals surface area contributed by atoms with E-state index in [1.54, 1.807) is 0 Å². The molecule has 0 unspecified atom stereocenters. The molecule has 32 heavy (non-hydrogen) atoms. The monoisotopic (exact) mass is 422 g/mol. The fourth-order valence-corrected chi connectivity index (χ4v) is 4.13. The van der Waals surface area contributed by atoms with Crippen molar-refractivity contribution in [2.45, 2.75) is 20.8 Å². The van der Waals surface area contributed by atoms with Crippen molar-refractivity contribution in [3.8, 4) is 44.9 Å². The Morgan fingerprint density at radius 1 is 0.688 bits per heavy atom. The van der Waals surface area contributed by atoms with E-state index in [0.29, 0.717) is 5.69 Å². The molecule has 5 rings (SSSR count). The van der Waals surface area contributed by atoms with Gasteiger partial charge in [-0.25, -0.2) is 0 Å². The summed E-state index contributed by atoms with van der Waals surface area (Å²) < 4.78 is 14.2. The summed E-state index contributed by atoms with van der Waals surface area (Å²) in [6, 6.07) is 22.6. The number of nitrogen functional groups attached to an aromatic ring is 1. The van der Waals surface area contributed by atoms with Crippen LogP contribution < -0.4 is 5.73 Å². The van der Waals surface area contributed by atoms with E-state index in [-0.39, 0.29) is 0 Å². The van der Waals surface area contributed by atoms with Crippen LogP contribution in [-0.2, 0) is 7.05 Å². The van der Waals surface area contributed by atoms with Crippen LogP contribution in [0.4, 0.5) is 5.69 Å². The van der Waals surface area contributed by atoms with Crippen molar-refractivity contribution in [3.05, 3.63) is 90.1 Å². The second kappa shape index (κ2) is 7.65. The summed E-state index contributed by atoms with van der Waals surface area (Å²) in [4.78, 5) is 0. The molecule has 0 saturated heterocycles. The molecular weight excluding hydrogens is 396 g/mol. The number of benzene rings is 2. The van der Waals surface area contributed by atoms with Crippen LogP contribution in [0.15, 0.2) is 81.8 Å². The molecular formula is C28H26N2O2. The smallest absolute Gasteiger partial charge is 0.142 e. The van der Waals surface area contributed by atoms with Gasteiger partial charge in [-0.3, -0.25) is 0 Å². The molecule has 4 heteroatoms. The highest BCUT2D eigenvalue weighted by Gasteiger charge is 2.18. The second-order valence-electron chi connectivity index (χ2n) is 8.37. The lowest BCUT2D eigenvalue weighted by molar-refractivity contribution is 0.548. The lowest BCUT2D eigenvalue weighted by Gasteiger charge is -2.09. The molecule has 4 nitrogen and oxygen atoms in total. The molecule has 160 valence electrons. The summed E-state index contributed by atoms with van der Waals surface area (Å²) in [6.45, 7) is 6.02. The normalized spacial score (nSPS) is 11.2. The van der Waals surface area contributed by atoms with Gasteiger partial charge < -0.3 is 19.1 Å². The molecule has 0 atom stereocenters. The number of aromatic nitrogens is 1. The van der Waals surface area contributed by atoms with Gasteiger partial charge in [0, 0.05) is 46.9 Å². The first-order valence-electron chi connectivity index (χ1n) is 10.7. The first-order chi connectivity index (χ1) is 15.4. The maximum absolute atomic E-state index is 6.43. The Kier molecular flexibility index (Phi) is 4.78. The largest absolute Gasteiger partial charge is 0.461 e. The number of aryl methyl sites for hydroxylation is 4. The third-order valence-electron chi connectivity index (χ3n) is 5.94. The standard InChI is InChI=1S/C28H26N2O2/c1-17-12-23(16-30(17)4)20-6-5-7-22(14-20)28-25(13-19(3)32-28)24-15-21(9-10-26(24)29)27-11-8-18(2)31-27/h5-16H,29H2,1-4H3. The van der Waals surface area contributed by atoms with Crippen molar-refractivity contribution in [2.75, 3.05) is 5.73 Å². The molecule has 3 heterocycles. The SMILES string of the molecule is Cc1ccc(-c2ccc(N)c(-c3cc(C)oc3-c3cccc(-c4cc(C)n(C)c4)c3)c2)o1. The highest BCUT2D eigenvalue weighted by molar-refractivity contribution is 5.89. The molecule has 0 radical (unpaired) electrons. The molecule has 0 aliphatic carbocycles. The number of hydrogen-bond donors (Lipinski definition) is 1. The summed E-state index contributed by atoms with van der Waals surface area (Å²) in [5, 5.41) is 0. The van der Waals surface area contributed by atoms with E-state index >= 15 is 0 Å². The fourth-order valence-electron chi connectivity index (χ4n) is 4.13. The highest BCUT2D eigenvalue weighted by Crippen LogP contribution is 2.40. The first-order valence-corrected chi connectivity index (χ1v) is 10.7. The Hall–Kier alpha value is -3.92. The maximum Gasteiger partial charge on any atom is 0.142 e. The van der Waals surface area contributed by atoms with E-state index in [1.165, 1.54) is 11.3 Å². The Morgan fingerprint density at radius 2 is 1.50 bits per heavy atom. The summed E-state index contributed by atoms with van der Waals surface area (Å²) in [5.74, 6) is 3.37. The van der Waals surface area contributed by atoms with Gasteiger partial charge in [0.1, 0.15) is 23.0 Å². The van der Waals surface area contributed by atoms with Crippen molar-refractivity contribution in [1.29, 1.82) is 0 Å². The molecule has 3 aromatic heterocycles. The van der Waals surface area contributed by atoms with Crippen molar-refractivity contribution in [2.24, 2.45) is 7.05 Å². The van der Waals surface area contributed by atoms with Crippen LogP contribution in [0.2, 0.25) is 0 Å². The van der Waals surface area contributed by atoms with E-state index in [1.807, 2.05) is 38.1 Å². The number of nitrogens with two attached hydrogens (primary N) is 1. The maximum atomic E-state index is 6.43. The van der Waals surface area contributed by atoms with Crippen LogP contribution in [0.25, 0.3) is 44.9 Å². The van der Waals surface area contributed by atoms with Crippen molar-refractivity contribution in [3.63, 3.8) is 0 Å². The minimum Gasteiger partial charge on any atom is -0.461 e. The van der Waals surface area contributed by atoms with Gasteiger partial charge in [0.15, 0.2) is 0 Å². The third-order valence-corrected chi connectivity index (χ3v) is 5.94. The predicted molar refractivity (Wildman–Crippen MR) is 130 cm³/mol. The van der Waals surface area contributed by atoms with E-state index in [9.17, 15) is 0 Å². The van der Waals surface area contributed by atoms with Gasteiger partial charge in [-0.15, -0.1) is 0 Å². The fraction of sp³-hybridized carbons (Fsp3) is 0.143. The highest BCUT2D eigenvalue weighted by atomic mass is 16.3. The molecule has 0 fully saturated rings. The molecule has 0 bridgehead atoms. The molecule has 2 N–H and O–H groups in total. The average molecular weight is 423 g/mol. The van der Waals surface area contributed by atoms with Gasteiger partial charge >= 0.3 is 0 Å². The van der Waals surface area contributed by atoms with Crippen LogP contribution >= 0.6 is 0 Å². The van der Waals surface area contributed by atoms with Crippen LogP contribution in [0.3, 0.4) is 0 Å². The molecule has 0 spiro atoms. The number of anilines is 1. The molecule has 0 aliphatic rings. The zero-order chi connectivity index (χ0) is 22.4. The number of nitrogens with zero attached hydrogens (tertiary/aromatic N) is 1. The predicted octanol–water partition coefficient (Wildman–Crippen LogP) is 7.39. The van der Waals surface area contributed by atoms with Gasteiger partial charge in [0.2, 0.25) is 0 Å². The Morgan fingerprint density at radius 3 is 2.22 bits per heavy atom. The van der Waals surface area contributed by atoms with E-state index < -0.39 is 0 Å². The summed E-state index contributed by atoms with van der Waals surface area (Å²) in [7, 11) is 2.06. The zero-order valence-electron chi connectivity index (χ0n) is 18.8. The van der Waals surface area contributed by atoms with Gasteiger partial charge in [-0.05, 0) is 80.4 Å². The minimum atomic E-state index is 0.703. The molecule has 0 aliphatic heterocycles. The summed E-state index contributed by atoms with van der Waals surface area (Å²) in [6.07, 6.45) is 2.15. The van der Waals surface area contributed by atoms with E-state index in [0.717, 1.165) is 50.9 Å². The quantitative estimate of drug-likeness (QED) is 0.307. The molecule has 2 aromatic carbocycles. The summed E-state index contributed by atoms with van der Waals surface area (Å²) in [5.41, 5.74) is 14.6. The number of furan rings is 2. The topological polar surface area (TPSA) is 57.2 Å². The molecule has 0 saturated carbocycles. The second-order valence-corrected chi connectivity index (χ2v) is 8.37. The zero-order valence-corrected chi connectivity index (χ0v) is 18.8. The minimum absolute atomic E-state index is 0.703. The van der Waals surface area contributed by atoms with E-state index in [2.05, 4.69) is 67.2 Å². The van der Waals surface area contributed by atoms with Gasteiger partial charge in [-0.1, -0.05) is 18.2 Å². The Bertz CT molecular complexity index is 1410. The lowest BCUT2D eigenvalue weighted by atomic mass is 9.96. The first kappa shape index (κ1) is 20.0. The van der Waals surface area contributed by atoms with Crippen LogP contribution in [0, 0.1) is 20.8 Å². The Balaban J connectivity index is 1.62. The Labute approximate surface area is 187 Å². The van der Waals surface area contributed by atoms with Crippen LogP contribution in [0.1, 0.15) is 17.2 Å². The summed E-state index contributed by atoms with van der Waals surface area (Å²) >= 11 is 0. The van der Waals surface area contributed by atoms with Gasteiger partial charge in [-0.2, -0.15) is 0 Å². The van der Waals surface area contributed by atoms with Crippen LogP contribution in [-0.4, -0.2) is 4.57 Å². The molecule has 5 aromatic rings. The van der Waals surface area contributed by atoms with Crippen molar-refractivity contribution >= 4 is 5.69 Å². The van der Waals surface area contributed by atoms with Crippen molar-refractivity contribution in [1.82, 2.24) is 4.57 Å². The van der Waals surface area contributed by atoms with E-state index in [4.69, 9.17) is 14.6 Å². The number of hydrogen-bond acceptors (Lipinski definition) is 3. The van der Waals surface area contributed by atoms with Gasteiger partial charge in [0.25, 0.3) is 0 Å².